The quantitative estimate of drug-likeness (QED) is 0.709. The molecule has 0 radical (unpaired) electrons. The second-order valence-corrected chi connectivity index (χ2v) is 7.35. The van der Waals surface area contributed by atoms with Crippen LogP contribution in [0.3, 0.4) is 0 Å². The molecule has 1 aliphatic heterocycles. The topological polar surface area (TPSA) is 80.9 Å². The lowest BCUT2D eigenvalue weighted by atomic mass is 9.92. The van der Waals surface area contributed by atoms with Crippen LogP contribution in [-0.2, 0) is 18.2 Å². The summed E-state index contributed by atoms with van der Waals surface area (Å²) in [5, 5.41) is 9.07. The van der Waals surface area contributed by atoms with Crippen molar-refractivity contribution in [3.8, 4) is 11.1 Å². The molecule has 0 amide bonds. The van der Waals surface area contributed by atoms with Crippen molar-refractivity contribution in [1.29, 1.82) is 5.41 Å². The van der Waals surface area contributed by atoms with Crippen LogP contribution < -0.4 is 5.56 Å². The Morgan fingerprint density at radius 2 is 2.07 bits per heavy atom. The number of rotatable bonds is 4. The molecule has 4 rings (SSSR count). The summed E-state index contributed by atoms with van der Waals surface area (Å²) in [6.45, 7) is 3.37. The summed E-state index contributed by atoms with van der Waals surface area (Å²) in [6, 6.07) is 9.65. The van der Waals surface area contributed by atoms with Gasteiger partial charge in [0.05, 0.1) is 10.9 Å². The van der Waals surface area contributed by atoms with E-state index in [0.717, 1.165) is 29.7 Å². The van der Waals surface area contributed by atoms with Gasteiger partial charge in [-0.1, -0.05) is 12.1 Å². The van der Waals surface area contributed by atoms with Gasteiger partial charge in [-0.3, -0.25) is 14.3 Å². The SMILES string of the molecule is Cc1ncccc1-c1ccc2c(=O)n(C)c(CC(=N)C3CCOCC3)nc2c1. The molecule has 1 N–H and O–H groups in total. The highest BCUT2D eigenvalue weighted by Crippen LogP contribution is 2.25. The Morgan fingerprint density at radius 1 is 1.29 bits per heavy atom. The van der Waals surface area contributed by atoms with Crippen molar-refractivity contribution in [1.82, 2.24) is 14.5 Å². The van der Waals surface area contributed by atoms with Crippen LogP contribution in [0.4, 0.5) is 0 Å². The zero-order valence-corrected chi connectivity index (χ0v) is 16.2. The highest BCUT2D eigenvalue weighted by molar-refractivity contribution is 5.87. The number of hydrogen-bond acceptors (Lipinski definition) is 5. The summed E-state index contributed by atoms with van der Waals surface area (Å²) in [7, 11) is 1.74. The van der Waals surface area contributed by atoms with Crippen LogP contribution in [0.25, 0.3) is 22.0 Å². The molecule has 0 unspecified atom stereocenters. The van der Waals surface area contributed by atoms with Gasteiger partial charge in [0, 0.05) is 55.8 Å². The molecule has 3 aromatic rings. The van der Waals surface area contributed by atoms with E-state index in [2.05, 4.69) is 4.98 Å². The van der Waals surface area contributed by atoms with Crippen LogP contribution in [0.15, 0.2) is 41.3 Å². The van der Waals surface area contributed by atoms with Crippen molar-refractivity contribution in [2.75, 3.05) is 13.2 Å². The molecule has 6 nitrogen and oxygen atoms in total. The van der Waals surface area contributed by atoms with E-state index in [0.29, 0.717) is 42.1 Å². The maximum absolute atomic E-state index is 12.8. The van der Waals surface area contributed by atoms with Crippen LogP contribution >= 0.6 is 0 Å². The first-order chi connectivity index (χ1) is 13.5. The molecule has 2 aromatic heterocycles. The fraction of sp³-hybridized carbons (Fsp3) is 0.364. The summed E-state index contributed by atoms with van der Waals surface area (Å²) in [4.78, 5) is 21.9. The number of nitrogens with zero attached hydrogens (tertiary/aromatic N) is 3. The van der Waals surface area contributed by atoms with E-state index in [1.54, 1.807) is 17.8 Å². The minimum Gasteiger partial charge on any atom is -0.381 e. The van der Waals surface area contributed by atoms with Crippen LogP contribution in [0.2, 0.25) is 0 Å². The Kier molecular flexibility index (Phi) is 5.05. The molecule has 28 heavy (non-hydrogen) atoms. The van der Waals surface area contributed by atoms with Crippen molar-refractivity contribution in [2.45, 2.75) is 26.2 Å². The summed E-state index contributed by atoms with van der Waals surface area (Å²) < 4.78 is 6.97. The number of aromatic nitrogens is 3. The summed E-state index contributed by atoms with van der Waals surface area (Å²) in [6.07, 6.45) is 3.89. The Bertz CT molecular complexity index is 1100. The van der Waals surface area contributed by atoms with E-state index in [-0.39, 0.29) is 11.5 Å². The van der Waals surface area contributed by atoms with Crippen LogP contribution in [0.1, 0.15) is 24.4 Å². The Labute approximate surface area is 163 Å². The van der Waals surface area contributed by atoms with Crippen molar-refractivity contribution in [3.05, 3.63) is 58.4 Å². The van der Waals surface area contributed by atoms with Gasteiger partial charge in [0.1, 0.15) is 5.82 Å². The maximum atomic E-state index is 12.8. The van der Waals surface area contributed by atoms with Gasteiger partial charge in [-0.15, -0.1) is 0 Å². The zero-order chi connectivity index (χ0) is 19.7. The van der Waals surface area contributed by atoms with Crippen LogP contribution in [0, 0.1) is 18.3 Å². The molecule has 0 spiro atoms. The van der Waals surface area contributed by atoms with Gasteiger partial charge in [0.2, 0.25) is 0 Å². The Hall–Kier alpha value is -2.86. The monoisotopic (exact) mass is 376 g/mol. The van der Waals surface area contributed by atoms with E-state index in [4.69, 9.17) is 15.1 Å². The molecule has 0 atom stereocenters. The molecule has 3 heterocycles. The van der Waals surface area contributed by atoms with Gasteiger partial charge in [0.15, 0.2) is 0 Å². The highest BCUT2D eigenvalue weighted by atomic mass is 16.5. The third-order valence-corrected chi connectivity index (χ3v) is 5.55. The van der Waals surface area contributed by atoms with Crippen molar-refractivity contribution < 1.29 is 4.74 Å². The second kappa shape index (κ2) is 7.64. The van der Waals surface area contributed by atoms with Gasteiger partial charge in [-0.2, -0.15) is 0 Å². The van der Waals surface area contributed by atoms with E-state index in [1.165, 1.54) is 0 Å². The number of ether oxygens (including phenoxy) is 1. The number of hydrogen-bond donors (Lipinski definition) is 1. The molecule has 0 bridgehead atoms. The minimum absolute atomic E-state index is 0.0748. The number of pyridine rings is 1. The van der Waals surface area contributed by atoms with E-state index in [1.807, 2.05) is 37.3 Å². The van der Waals surface area contributed by atoms with Crippen LogP contribution in [0.5, 0.6) is 0 Å². The number of aryl methyl sites for hydroxylation is 1. The van der Waals surface area contributed by atoms with E-state index >= 15 is 0 Å². The first kappa shape index (κ1) is 18.5. The smallest absolute Gasteiger partial charge is 0.261 e. The van der Waals surface area contributed by atoms with Crippen molar-refractivity contribution >= 4 is 16.6 Å². The molecule has 0 saturated carbocycles. The summed E-state index contributed by atoms with van der Waals surface area (Å²) >= 11 is 0. The van der Waals surface area contributed by atoms with Crippen molar-refractivity contribution in [2.24, 2.45) is 13.0 Å². The van der Waals surface area contributed by atoms with Gasteiger partial charge in [-0.25, -0.2) is 4.98 Å². The fourth-order valence-corrected chi connectivity index (χ4v) is 3.79. The average molecular weight is 376 g/mol. The van der Waals surface area contributed by atoms with Crippen molar-refractivity contribution in [3.63, 3.8) is 0 Å². The summed E-state index contributed by atoms with van der Waals surface area (Å²) in [5.74, 6) is 0.847. The normalized spacial score (nSPS) is 15.1. The lowest BCUT2D eigenvalue weighted by Crippen LogP contribution is -2.28. The zero-order valence-electron chi connectivity index (χ0n) is 16.2. The van der Waals surface area contributed by atoms with Gasteiger partial charge >= 0.3 is 0 Å². The van der Waals surface area contributed by atoms with Crippen LogP contribution in [-0.4, -0.2) is 33.5 Å². The number of benzene rings is 1. The fourth-order valence-electron chi connectivity index (χ4n) is 3.79. The highest BCUT2D eigenvalue weighted by Gasteiger charge is 2.20. The Morgan fingerprint density at radius 3 is 2.82 bits per heavy atom. The third kappa shape index (κ3) is 3.47. The van der Waals surface area contributed by atoms with E-state index < -0.39 is 0 Å². The molecule has 0 aliphatic carbocycles. The van der Waals surface area contributed by atoms with Gasteiger partial charge in [0.25, 0.3) is 5.56 Å². The molecule has 1 saturated heterocycles. The minimum atomic E-state index is -0.0748. The number of fused-ring (bicyclic) bond motifs is 1. The lowest BCUT2D eigenvalue weighted by Gasteiger charge is -2.23. The predicted molar refractivity (Wildman–Crippen MR) is 110 cm³/mol. The molecule has 144 valence electrons. The predicted octanol–water partition coefficient (Wildman–Crippen LogP) is 3.29. The molecule has 1 fully saturated rings. The van der Waals surface area contributed by atoms with E-state index in [9.17, 15) is 4.79 Å². The van der Waals surface area contributed by atoms with Gasteiger partial charge < -0.3 is 10.1 Å². The Balaban J connectivity index is 1.73. The lowest BCUT2D eigenvalue weighted by molar-refractivity contribution is 0.0822. The molecular weight excluding hydrogens is 352 g/mol. The molecule has 6 heteroatoms. The first-order valence-electron chi connectivity index (χ1n) is 9.61. The first-order valence-corrected chi connectivity index (χ1v) is 9.61. The second-order valence-electron chi connectivity index (χ2n) is 7.35. The largest absolute Gasteiger partial charge is 0.381 e. The molecule has 1 aromatic carbocycles. The summed E-state index contributed by atoms with van der Waals surface area (Å²) in [5.41, 5.74) is 4.18. The molecule has 1 aliphatic rings. The van der Waals surface area contributed by atoms with Gasteiger partial charge in [-0.05, 0) is 43.5 Å². The molecular formula is C22H24N4O2. The maximum Gasteiger partial charge on any atom is 0.261 e. The number of nitrogens with one attached hydrogen (secondary N) is 1. The standard InChI is InChI=1S/C22H24N4O2/c1-14-17(4-3-9-24-14)16-5-6-18-20(12-16)25-21(26(2)22(18)27)13-19(23)15-7-10-28-11-8-15/h3-6,9,12,15,23H,7-8,10-11,13H2,1-2H3. The average Bonchev–Trinajstić information content (AvgIpc) is 2.72. The third-order valence-electron chi connectivity index (χ3n) is 5.55.